The SMILES string of the molecule is Cc1cc2[nH]c3cccc(C#N)c3n2c(=O)c1Cc1ccc([N+](=O)[O-])cc1. The van der Waals surface area contributed by atoms with Crippen LogP contribution in [-0.2, 0) is 6.42 Å². The average molecular weight is 358 g/mol. The fraction of sp³-hybridized carbons (Fsp3) is 0.100. The summed E-state index contributed by atoms with van der Waals surface area (Å²) in [5, 5.41) is 20.2. The number of pyridine rings is 1. The largest absolute Gasteiger partial charge is 0.340 e. The van der Waals surface area contributed by atoms with E-state index in [0.717, 1.165) is 16.6 Å². The van der Waals surface area contributed by atoms with Gasteiger partial charge in [0, 0.05) is 24.1 Å². The number of non-ortho nitro benzene ring substituents is 1. The van der Waals surface area contributed by atoms with Crippen molar-refractivity contribution in [2.24, 2.45) is 0 Å². The molecule has 27 heavy (non-hydrogen) atoms. The van der Waals surface area contributed by atoms with E-state index in [0.29, 0.717) is 28.7 Å². The summed E-state index contributed by atoms with van der Waals surface area (Å²) < 4.78 is 1.53. The smallest absolute Gasteiger partial charge is 0.269 e. The summed E-state index contributed by atoms with van der Waals surface area (Å²) in [5.41, 5.74) is 4.37. The van der Waals surface area contributed by atoms with Gasteiger partial charge in [-0.15, -0.1) is 0 Å². The van der Waals surface area contributed by atoms with E-state index in [1.165, 1.54) is 16.5 Å². The highest BCUT2D eigenvalue weighted by Crippen LogP contribution is 2.21. The molecule has 0 atom stereocenters. The number of aromatic amines is 1. The summed E-state index contributed by atoms with van der Waals surface area (Å²) >= 11 is 0. The van der Waals surface area contributed by atoms with E-state index in [-0.39, 0.29) is 11.2 Å². The number of nitriles is 1. The maximum absolute atomic E-state index is 13.2. The number of H-pyrrole nitrogens is 1. The van der Waals surface area contributed by atoms with Gasteiger partial charge in [0.2, 0.25) is 0 Å². The second-order valence-electron chi connectivity index (χ2n) is 6.37. The first-order chi connectivity index (χ1) is 13.0. The Kier molecular flexibility index (Phi) is 3.74. The van der Waals surface area contributed by atoms with Crippen molar-refractivity contribution in [3.63, 3.8) is 0 Å². The molecular weight excluding hydrogens is 344 g/mol. The molecule has 0 saturated carbocycles. The topological polar surface area (TPSA) is 104 Å². The van der Waals surface area contributed by atoms with Gasteiger partial charge in [0.25, 0.3) is 11.2 Å². The molecule has 0 bridgehead atoms. The summed E-state index contributed by atoms with van der Waals surface area (Å²) in [7, 11) is 0. The van der Waals surface area contributed by atoms with Crippen molar-refractivity contribution >= 4 is 22.4 Å². The van der Waals surface area contributed by atoms with E-state index in [9.17, 15) is 20.2 Å². The first-order valence-electron chi connectivity index (χ1n) is 8.29. The molecule has 0 aliphatic rings. The van der Waals surface area contributed by atoms with Gasteiger partial charge in [-0.05, 0) is 36.2 Å². The van der Waals surface area contributed by atoms with Crippen LogP contribution in [0.15, 0.2) is 53.3 Å². The minimum absolute atomic E-state index is 0.0120. The molecular formula is C20H14N4O3. The maximum Gasteiger partial charge on any atom is 0.269 e. The van der Waals surface area contributed by atoms with Crippen LogP contribution in [0.4, 0.5) is 5.69 Å². The van der Waals surface area contributed by atoms with Crippen molar-refractivity contribution in [3.8, 4) is 6.07 Å². The number of nitro benzene ring substituents is 1. The van der Waals surface area contributed by atoms with Gasteiger partial charge < -0.3 is 4.98 Å². The third kappa shape index (κ3) is 2.64. The maximum atomic E-state index is 13.2. The Morgan fingerprint density at radius 3 is 2.63 bits per heavy atom. The molecule has 0 fully saturated rings. The second-order valence-corrected chi connectivity index (χ2v) is 6.37. The average Bonchev–Trinajstić information content (AvgIpc) is 3.03. The minimum Gasteiger partial charge on any atom is -0.340 e. The van der Waals surface area contributed by atoms with Crippen LogP contribution in [0.3, 0.4) is 0 Å². The minimum atomic E-state index is -0.453. The number of aromatic nitrogens is 2. The first-order valence-corrected chi connectivity index (χ1v) is 8.29. The summed E-state index contributed by atoms with van der Waals surface area (Å²) in [4.78, 5) is 26.7. The van der Waals surface area contributed by atoms with Crippen LogP contribution < -0.4 is 5.56 Å². The third-order valence-electron chi connectivity index (χ3n) is 4.70. The molecule has 0 radical (unpaired) electrons. The highest BCUT2D eigenvalue weighted by molar-refractivity contribution is 5.85. The molecule has 4 rings (SSSR count). The molecule has 4 aromatic rings. The molecule has 7 nitrogen and oxygen atoms in total. The van der Waals surface area contributed by atoms with Gasteiger partial charge in [-0.2, -0.15) is 5.26 Å². The number of hydrogen-bond acceptors (Lipinski definition) is 4. The molecule has 2 aromatic carbocycles. The highest BCUT2D eigenvalue weighted by atomic mass is 16.6. The number of nitro groups is 1. The Balaban J connectivity index is 1.91. The summed E-state index contributed by atoms with van der Waals surface area (Å²) in [6.45, 7) is 1.86. The second kappa shape index (κ2) is 6.11. The fourth-order valence-corrected chi connectivity index (χ4v) is 3.35. The molecule has 1 N–H and O–H groups in total. The van der Waals surface area contributed by atoms with Gasteiger partial charge in [-0.3, -0.25) is 19.3 Å². The van der Waals surface area contributed by atoms with Crippen molar-refractivity contribution in [3.05, 3.63) is 91.3 Å². The highest BCUT2D eigenvalue weighted by Gasteiger charge is 2.15. The normalized spacial score (nSPS) is 11.0. The zero-order valence-corrected chi connectivity index (χ0v) is 14.4. The molecule has 2 aromatic heterocycles. The Labute approximate surface area is 153 Å². The molecule has 0 unspecified atom stereocenters. The van der Waals surface area contributed by atoms with Gasteiger partial charge in [0.05, 0.1) is 21.5 Å². The molecule has 0 aliphatic heterocycles. The number of aryl methyl sites for hydroxylation is 1. The van der Waals surface area contributed by atoms with Crippen LogP contribution in [0.5, 0.6) is 0 Å². The third-order valence-corrected chi connectivity index (χ3v) is 4.70. The summed E-state index contributed by atoms with van der Waals surface area (Å²) in [6, 6.07) is 15.5. The number of para-hydroxylation sites is 1. The Bertz CT molecular complexity index is 1310. The summed E-state index contributed by atoms with van der Waals surface area (Å²) in [6.07, 6.45) is 0.354. The number of nitrogens with one attached hydrogen (secondary N) is 1. The van der Waals surface area contributed by atoms with Crippen molar-refractivity contribution in [2.75, 3.05) is 0 Å². The molecule has 132 valence electrons. The van der Waals surface area contributed by atoms with Gasteiger partial charge in [-0.25, -0.2) is 0 Å². The van der Waals surface area contributed by atoms with E-state index in [1.807, 2.05) is 19.1 Å². The van der Waals surface area contributed by atoms with Crippen LogP contribution in [0.25, 0.3) is 16.7 Å². The lowest BCUT2D eigenvalue weighted by atomic mass is 10.0. The lowest BCUT2D eigenvalue weighted by Gasteiger charge is -2.07. The number of imidazole rings is 1. The lowest BCUT2D eigenvalue weighted by Crippen LogP contribution is -2.19. The van der Waals surface area contributed by atoms with Gasteiger partial charge >= 0.3 is 0 Å². The molecule has 7 heteroatoms. The van der Waals surface area contributed by atoms with Crippen LogP contribution in [0.1, 0.15) is 22.3 Å². The zero-order valence-electron chi connectivity index (χ0n) is 14.4. The van der Waals surface area contributed by atoms with Crippen LogP contribution in [0, 0.1) is 28.4 Å². The standard InChI is InChI=1S/C20H14N4O3/c1-12-9-18-22-17-4-2-3-14(11-21)19(17)23(18)20(25)16(12)10-13-5-7-15(8-6-13)24(26)27/h2-9,22H,10H2,1H3. The molecule has 0 aliphatic carbocycles. The predicted molar refractivity (Wildman–Crippen MR) is 101 cm³/mol. The van der Waals surface area contributed by atoms with Crippen molar-refractivity contribution in [2.45, 2.75) is 13.3 Å². The van der Waals surface area contributed by atoms with Gasteiger partial charge in [0.1, 0.15) is 11.7 Å². The monoisotopic (exact) mass is 358 g/mol. The molecule has 2 heterocycles. The zero-order chi connectivity index (χ0) is 19.1. The van der Waals surface area contributed by atoms with Gasteiger partial charge in [0.15, 0.2) is 0 Å². The van der Waals surface area contributed by atoms with Crippen molar-refractivity contribution in [1.82, 2.24) is 9.38 Å². The van der Waals surface area contributed by atoms with Gasteiger partial charge in [-0.1, -0.05) is 18.2 Å². The predicted octanol–water partition coefficient (Wildman–Crippen LogP) is 3.46. The fourth-order valence-electron chi connectivity index (χ4n) is 3.35. The van der Waals surface area contributed by atoms with Crippen molar-refractivity contribution in [1.29, 1.82) is 5.26 Å². The van der Waals surface area contributed by atoms with E-state index >= 15 is 0 Å². The number of fused-ring (bicyclic) bond motifs is 3. The van der Waals surface area contributed by atoms with E-state index < -0.39 is 4.92 Å². The van der Waals surface area contributed by atoms with Crippen LogP contribution >= 0.6 is 0 Å². The number of rotatable bonds is 3. The number of nitrogens with zero attached hydrogens (tertiary/aromatic N) is 3. The molecule has 0 amide bonds. The Hall–Kier alpha value is -3.92. The summed E-state index contributed by atoms with van der Waals surface area (Å²) in [5.74, 6) is 0. The van der Waals surface area contributed by atoms with Crippen molar-refractivity contribution < 1.29 is 4.92 Å². The number of benzene rings is 2. The van der Waals surface area contributed by atoms with Crippen LogP contribution in [0.2, 0.25) is 0 Å². The Morgan fingerprint density at radius 1 is 1.22 bits per heavy atom. The van der Waals surface area contributed by atoms with E-state index in [1.54, 1.807) is 24.3 Å². The van der Waals surface area contributed by atoms with Crippen LogP contribution in [-0.4, -0.2) is 14.3 Å². The molecule has 0 spiro atoms. The van der Waals surface area contributed by atoms with E-state index in [2.05, 4.69) is 11.1 Å². The Morgan fingerprint density at radius 2 is 1.96 bits per heavy atom. The quantitative estimate of drug-likeness (QED) is 0.447. The first kappa shape index (κ1) is 16.5. The lowest BCUT2D eigenvalue weighted by molar-refractivity contribution is -0.384. The number of hydrogen-bond donors (Lipinski definition) is 1. The molecule has 0 saturated heterocycles. The van der Waals surface area contributed by atoms with E-state index in [4.69, 9.17) is 0 Å².